The number of carbonyl (C=O) groups is 1. The van der Waals surface area contributed by atoms with Crippen molar-refractivity contribution in [3.8, 4) is 0 Å². The van der Waals surface area contributed by atoms with E-state index >= 15 is 0 Å². The van der Waals surface area contributed by atoms with Crippen LogP contribution in [0.1, 0.15) is 26.7 Å². The monoisotopic (exact) mass is 227 g/mol. The van der Waals surface area contributed by atoms with Crippen LogP contribution in [0.15, 0.2) is 0 Å². The standard InChI is InChI=1S/C11H21N3O2/c1-8(2)13-5-3-4-10(13)14-9(6-12)7-16-11(14)15/h8-10H,3-7,12H2,1-2H3. The molecule has 5 nitrogen and oxygen atoms in total. The summed E-state index contributed by atoms with van der Waals surface area (Å²) in [6.45, 7) is 6.31. The zero-order valence-electron chi connectivity index (χ0n) is 10.1. The van der Waals surface area contributed by atoms with Gasteiger partial charge in [-0.05, 0) is 26.7 Å². The second kappa shape index (κ2) is 4.59. The molecule has 0 aromatic carbocycles. The second-order valence-corrected chi connectivity index (χ2v) is 4.83. The normalized spacial score (nSPS) is 31.5. The predicted molar refractivity (Wildman–Crippen MR) is 60.9 cm³/mol. The summed E-state index contributed by atoms with van der Waals surface area (Å²) in [4.78, 5) is 15.9. The van der Waals surface area contributed by atoms with Gasteiger partial charge in [-0.15, -0.1) is 0 Å². The maximum absolute atomic E-state index is 11.7. The van der Waals surface area contributed by atoms with Crippen molar-refractivity contribution in [1.82, 2.24) is 9.80 Å². The maximum Gasteiger partial charge on any atom is 0.411 e. The molecule has 2 N–H and O–H groups in total. The second-order valence-electron chi connectivity index (χ2n) is 4.83. The van der Waals surface area contributed by atoms with Crippen LogP contribution in [0.5, 0.6) is 0 Å². The van der Waals surface area contributed by atoms with Crippen molar-refractivity contribution in [2.24, 2.45) is 5.73 Å². The zero-order valence-corrected chi connectivity index (χ0v) is 10.1. The molecule has 92 valence electrons. The Morgan fingerprint density at radius 2 is 2.31 bits per heavy atom. The van der Waals surface area contributed by atoms with E-state index in [0.29, 0.717) is 19.2 Å². The number of ether oxygens (including phenoxy) is 1. The lowest BCUT2D eigenvalue weighted by Crippen LogP contribution is -2.52. The molecule has 16 heavy (non-hydrogen) atoms. The minimum atomic E-state index is -0.201. The molecular formula is C11H21N3O2. The summed E-state index contributed by atoms with van der Waals surface area (Å²) < 4.78 is 5.09. The maximum atomic E-state index is 11.7. The molecule has 0 spiro atoms. The van der Waals surface area contributed by atoms with E-state index in [1.807, 2.05) is 4.90 Å². The fraction of sp³-hybridized carbons (Fsp3) is 0.909. The molecule has 0 aromatic rings. The number of nitrogens with two attached hydrogens (primary N) is 1. The summed E-state index contributed by atoms with van der Waals surface area (Å²) in [5.41, 5.74) is 5.68. The molecule has 0 aromatic heterocycles. The Morgan fingerprint density at radius 1 is 1.56 bits per heavy atom. The Balaban J connectivity index is 2.12. The van der Waals surface area contributed by atoms with Crippen LogP contribution < -0.4 is 5.73 Å². The van der Waals surface area contributed by atoms with Crippen molar-refractivity contribution >= 4 is 6.09 Å². The van der Waals surface area contributed by atoms with Crippen LogP contribution in [-0.2, 0) is 4.74 Å². The molecule has 2 atom stereocenters. The van der Waals surface area contributed by atoms with Crippen LogP contribution in [0, 0.1) is 0 Å². The van der Waals surface area contributed by atoms with Gasteiger partial charge in [0.2, 0.25) is 0 Å². The molecule has 2 saturated heterocycles. The van der Waals surface area contributed by atoms with Gasteiger partial charge in [0.15, 0.2) is 0 Å². The molecule has 2 heterocycles. The van der Waals surface area contributed by atoms with Gasteiger partial charge >= 0.3 is 6.09 Å². The summed E-state index contributed by atoms with van der Waals surface area (Å²) in [5, 5.41) is 0. The summed E-state index contributed by atoms with van der Waals surface area (Å²) >= 11 is 0. The minimum absolute atomic E-state index is 0.0526. The first-order valence-electron chi connectivity index (χ1n) is 6.06. The molecule has 0 aliphatic carbocycles. The van der Waals surface area contributed by atoms with E-state index in [9.17, 15) is 4.79 Å². The van der Waals surface area contributed by atoms with Gasteiger partial charge in [0.1, 0.15) is 6.61 Å². The molecular weight excluding hydrogens is 206 g/mol. The molecule has 0 bridgehead atoms. The smallest absolute Gasteiger partial charge is 0.411 e. The lowest BCUT2D eigenvalue weighted by atomic mass is 10.2. The van der Waals surface area contributed by atoms with E-state index in [-0.39, 0.29) is 18.3 Å². The molecule has 1 amide bonds. The Hall–Kier alpha value is -0.810. The number of cyclic esters (lactones) is 1. The number of rotatable bonds is 3. The van der Waals surface area contributed by atoms with Gasteiger partial charge in [0.25, 0.3) is 0 Å². The number of carbonyl (C=O) groups excluding carboxylic acids is 1. The zero-order chi connectivity index (χ0) is 11.7. The van der Waals surface area contributed by atoms with Crippen LogP contribution >= 0.6 is 0 Å². The Kier molecular flexibility index (Phi) is 3.35. The van der Waals surface area contributed by atoms with Crippen LogP contribution in [0.4, 0.5) is 4.79 Å². The van der Waals surface area contributed by atoms with E-state index in [2.05, 4.69) is 18.7 Å². The molecule has 0 saturated carbocycles. The van der Waals surface area contributed by atoms with E-state index in [0.717, 1.165) is 19.4 Å². The summed E-state index contributed by atoms with van der Waals surface area (Å²) in [6.07, 6.45) is 2.16. The molecule has 2 fully saturated rings. The van der Waals surface area contributed by atoms with Crippen molar-refractivity contribution in [2.45, 2.75) is 44.9 Å². The molecule has 0 radical (unpaired) electrons. The van der Waals surface area contributed by atoms with Crippen LogP contribution in [0.25, 0.3) is 0 Å². The molecule has 2 aliphatic rings. The number of nitrogens with zero attached hydrogens (tertiary/aromatic N) is 2. The third-order valence-corrected chi connectivity index (χ3v) is 3.52. The number of amides is 1. The summed E-state index contributed by atoms with van der Waals surface area (Å²) in [5.74, 6) is 0. The fourth-order valence-corrected chi connectivity index (χ4v) is 2.69. The summed E-state index contributed by atoms with van der Waals surface area (Å²) in [6, 6.07) is 0.510. The molecule has 5 heteroatoms. The van der Waals surface area contributed by atoms with Gasteiger partial charge in [-0.25, -0.2) is 4.79 Å². The van der Waals surface area contributed by atoms with Crippen molar-refractivity contribution in [3.05, 3.63) is 0 Å². The van der Waals surface area contributed by atoms with Gasteiger partial charge in [-0.2, -0.15) is 0 Å². The third kappa shape index (κ3) is 1.89. The van der Waals surface area contributed by atoms with Crippen molar-refractivity contribution in [1.29, 1.82) is 0 Å². The molecule has 2 aliphatic heterocycles. The van der Waals surface area contributed by atoms with E-state index in [4.69, 9.17) is 10.5 Å². The van der Waals surface area contributed by atoms with Gasteiger partial charge in [0.05, 0.1) is 12.2 Å². The van der Waals surface area contributed by atoms with E-state index in [1.54, 1.807) is 0 Å². The van der Waals surface area contributed by atoms with Gasteiger partial charge in [-0.1, -0.05) is 0 Å². The lowest BCUT2D eigenvalue weighted by molar-refractivity contribution is 0.0649. The van der Waals surface area contributed by atoms with Crippen molar-refractivity contribution in [3.63, 3.8) is 0 Å². The quantitative estimate of drug-likeness (QED) is 0.767. The highest BCUT2D eigenvalue weighted by atomic mass is 16.6. The van der Waals surface area contributed by atoms with Gasteiger partial charge in [0, 0.05) is 19.1 Å². The fourth-order valence-electron chi connectivity index (χ4n) is 2.69. The van der Waals surface area contributed by atoms with E-state index < -0.39 is 0 Å². The molecule has 2 rings (SSSR count). The van der Waals surface area contributed by atoms with Gasteiger partial charge in [-0.3, -0.25) is 9.80 Å². The first-order valence-corrected chi connectivity index (χ1v) is 6.06. The van der Waals surface area contributed by atoms with Crippen molar-refractivity contribution < 1.29 is 9.53 Å². The topological polar surface area (TPSA) is 58.8 Å². The average Bonchev–Trinajstić information content (AvgIpc) is 2.82. The minimum Gasteiger partial charge on any atom is -0.447 e. The Morgan fingerprint density at radius 3 is 2.94 bits per heavy atom. The van der Waals surface area contributed by atoms with Crippen LogP contribution in [0.3, 0.4) is 0 Å². The first kappa shape index (κ1) is 11.7. The highest BCUT2D eigenvalue weighted by Gasteiger charge is 2.42. The first-order chi connectivity index (χ1) is 7.65. The SMILES string of the molecule is CC(C)N1CCCC1N1C(=O)OCC1CN. The lowest BCUT2D eigenvalue weighted by Gasteiger charge is -2.36. The van der Waals surface area contributed by atoms with E-state index in [1.165, 1.54) is 0 Å². The summed E-state index contributed by atoms with van der Waals surface area (Å²) in [7, 11) is 0. The number of likely N-dealkylation sites (tertiary alicyclic amines) is 1. The number of hydrogen-bond donors (Lipinski definition) is 1. The highest BCUT2D eigenvalue weighted by Crippen LogP contribution is 2.27. The van der Waals surface area contributed by atoms with Crippen LogP contribution in [0.2, 0.25) is 0 Å². The Labute approximate surface area is 96.5 Å². The number of hydrogen-bond acceptors (Lipinski definition) is 4. The average molecular weight is 227 g/mol. The van der Waals surface area contributed by atoms with Gasteiger partial charge < -0.3 is 10.5 Å². The van der Waals surface area contributed by atoms with Crippen molar-refractivity contribution in [2.75, 3.05) is 19.7 Å². The highest BCUT2D eigenvalue weighted by molar-refractivity contribution is 5.70. The molecule has 2 unspecified atom stereocenters. The predicted octanol–water partition coefficient (Wildman–Crippen LogP) is 0.596. The Bertz CT molecular complexity index is 270. The van der Waals surface area contributed by atoms with Crippen LogP contribution in [-0.4, -0.2) is 53.8 Å². The largest absolute Gasteiger partial charge is 0.447 e. The third-order valence-electron chi connectivity index (χ3n) is 3.52.